The summed E-state index contributed by atoms with van der Waals surface area (Å²) in [5.41, 5.74) is 1.33. The van der Waals surface area contributed by atoms with E-state index in [1.807, 2.05) is 0 Å². The standard InChI is InChI=1S/C22H23ClF3N3O3/c23-14-1-5-17(6-2-14)29-20(30)13-19(21(29)31)28-11-9-16(10-12-28)27-15-3-7-18(8-4-15)32-22(24,25)26/h1-8,16,19,21,27,31H,9-13H2. The molecule has 0 bridgehead atoms. The van der Waals surface area contributed by atoms with Gasteiger partial charge in [-0.2, -0.15) is 0 Å². The van der Waals surface area contributed by atoms with Gasteiger partial charge in [-0.15, -0.1) is 13.2 Å². The van der Waals surface area contributed by atoms with Crippen molar-refractivity contribution in [1.82, 2.24) is 4.90 Å². The first-order chi connectivity index (χ1) is 15.2. The Kier molecular flexibility index (Phi) is 6.50. The predicted octanol–water partition coefficient (Wildman–Crippen LogP) is 4.24. The number of anilines is 2. The highest BCUT2D eigenvalue weighted by Gasteiger charge is 2.43. The van der Waals surface area contributed by atoms with Crippen LogP contribution in [0.15, 0.2) is 48.5 Å². The molecule has 2 unspecified atom stereocenters. The van der Waals surface area contributed by atoms with E-state index in [-0.39, 0.29) is 30.2 Å². The summed E-state index contributed by atoms with van der Waals surface area (Å²) >= 11 is 5.91. The van der Waals surface area contributed by atoms with E-state index in [2.05, 4.69) is 15.0 Å². The summed E-state index contributed by atoms with van der Waals surface area (Å²) in [4.78, 5) is 16.1. The molecule has 10 heteroatoms. The number of alkyl halides is 3. The smallest absolute Gasteiger partial charge is 0.406 e. The average molecular weight is 470 g/mol. The number of carbonyl (C=O) groups excluding carboxylic acids is 1. The summed E-state index contributed by atoms with van der Waals surface area (Å²) in [5.74, 6) is -0.394. The summed E-state index contributed by atoms with van der Waals surface area (Å²) in [6, 6.07) is 12.3. The van der Waals surface area contributed by atoms with E-state index in [0.29, 0.717) is 29.5 Å². The predicted molar refractivity (Wildman–Crippen MR) is 115 cm³/mol. The number of piperidine rings is 1. The van der Waals surface area contributed by atoms with Crippen molar-refractivity contribution < 1.29 is 27.8 Å². The number of nitrogens with one attached hydrogen (secondary N) is 1. The van der Waals surface area contributed by atoms with Gasteiger partial charge in [-0.05, 0) is 61.4 Å². The molecule has 2 aliphatic heterocycles. The molecule has 2 aromatic carbocycles. The van der Waals surface area contributed by atoms with Crippen LogP contribution >= 0.6 is 11.6 Å². The largest absolute Gasteiger partial charge is 0.573 e. The zero-order valence-corrected chi connectivity index (χ0v) is 17.8. The molecule has 6 nitrogen and oxygen atoms in total. The molecule has 2 aliphatic rings. The molecule has 0 spiro atoms. The molecule has 2 saturated heterocycles. The van der Waals surface area contributed by atoms with E-state index in [4.69, 9.17) is 11.6 Å². The van der Waals surface area contributed by atoms with E-state index >= 15 is 0 Å². The molecule has 2 aromatic rings. The Labute approximate surface area is 188 Å². The van der Waals surface area contributed by atoms with Crippen molar-refractivity contribution in [3.8, 4) is 5.75 Å². The Bertz CT molecular complexity index is 932. The lowest BCUT2D eigenvalue weighted by Gasteiger charge is -2.38. The van der Waals surface area contributed by atoms with E-state index < -0.39 is 12.6 Å². The van der Waals surface area contributed by atoms with Gasteiger partial charge in [-0.1, -0.05) is 11.6 Å². The third kappa shape index (κ3) is 5.28. The van der Waals surface area contributed by atoms with Crippen LogP contribution in [0.4, 0.5) is 24.5 Å². The van der Waals surface area contributed by atoms with Crippen LogP contribution in [0.25, 0.3) is 0 Å². The van der Waals surface area contributed by atoms with E-state index in [1.165, 1.54) is 17.0 Å². The van der Waals surface area contributed by atoms with Crippen molar-refractivity contribution in [3.05, 3.63) is 53.6 Å². The minimum atomic E-state index is -4.71. The van der Waals surface area contributed by atoms with Crippen LogP contribution < -0.4 is 15.0 Å². The fourth-order valence-corrected chi connectivity index (χ4v) is 4.41. The third-order valence-corrected chi connectivity index (χ3v) is 6.08. The van der Waals surface area contributed by atoms with Gasteiger partial charge < -0.3 is 15.2 Å². The first-order valence-corrected chi connectivity index (χ1v) is 10.7. The van der Waals surface area contributed by atoms with Gasteiger partial charge in [0, 0.05) is 41.9 Å². The third-order valence-electron chi connectivity index (χ3n) is 5.82. The SMILES string of the molecule is O=C1CC(N2CCC(Nc3ccc(OC(F)(F)F)cc3)CC2)C(O)N1c1ccc(Cl)cc1. The number of carbonyl (C=O) groups is 1. The lowest BCUT2D eigenvalue weighted by atomic mass is 10.0. The van der Waals surface area contributed by atoms with E-state index in [0.717, 1.165) is 12.8 Å². The summed E-state index contributed by atoms with van der Waals surface area (Å²) in [7, 11) is 0. The number of ether oxygens (including phenoxy) is 1. The highest BCUT2D eigenvalue weighted by Crippen LogP contribution is 2.31. The molecule has 4 rings (SSSR count). The number of aliphatic hydroxyl groups is 1. The molecule has 172 valence electrons. The molecule has 0 saturated carbocycles. The van der Waals surface area contributed by atoms with Crippen LogP contribution in [0.5, 0.6) is 5.75 Å². The van der Waals surface area contributed by atoms with Crippen molar-refractivity contribution in [2.45, 2.75) is 43.9 Å². The number of hydrogen-bond donors (Lipinski definition) is 2. The van der Waals surface area contributed by atoms with Gasteiger partial charge in [0.05, 0.1) is 6.04 Å². The maximum absolute atomic E-state index is 12.6. The van der Waals surface area contributed by atoms with Crippen molar-refractivity contribution in [1.29, 1.82) is 0 Å². The normalized spacial score (nSPS) is 22.9. The topological polar surface area (TPSA) is 65.0 Å². The molecule has 2 atom stereocenters. The van der Waals surface area contributed by atoms with Crippen molar-refractivity contribution >= 4 is 28.9 Å². The quantitative estimate of drug-likeness (QED) is 0.686. The highest BCUT2D eigenvalue weighted by molar-refractivity contribution is 6.30. The second-order valence-electron chi connectivity index (χ2n) is 7.95. The van der Waals surface area contributed by atoms with Gasteiger partial charge >= 0.3 is 6.36 Å². The van der Waals surface area contributed by atoms with Gasteiger partial charge in [-0.25, -0.2) is 0 Å². The van der Waals surface area contributed by atoms with Crippen LogP contribution in [-0.4, -0.2) is 53.7 Å². The van der Waals surface area contributed by atoms with Crippen LogP contribution in [0.3, 0.4) is 0 Å². The van der Waals surface area contributed by atoms with Gasteiger partial charge in [0.25, 0.3) is 0 Å². The Morgan fingerprint density at radius 2 is 1.66 bits per heavy atom. The highest BCUT2D eigenvalue weighted by atomic mass is 35.5. The van der Waals surface area contributed by atoms with Crippen LogP contribution in [0.2, 0.25) is 5.02 Å². The molecular weight excluding hydrogens is 447 g/mol. The molecule has 1 amide bonds. The zero-order valence-electron chi connectivity index (χ0n) is 17.1. The summed E-state index contributed by atoms with van der Waals surface area (Å²) in [5, 5.41) is 14.7. The fraction of sp³-hybridized carbons (Fsp3) is 0.409. The van der Waals surface area contributed by atoms with Gasteiger partial charge in [0.1, 0.15) is 12.0 Å². The number of hydrogen-bond acceptors (Lipinski definition) is 5. The number of aliphatic hydroxyl groups excluding tert-OH is 1. The molecular formula is C22H23ClF3N3O3. The Hall–Kier alpha value is -2.49. The van der Waals surface area contributed by atoms with Crippen molar-refractivity contribution in [2.75, 3.05) is 23.3 Å². The molecule has 2 N–H and O–H groups in total. The maximum atomic E-state index is 12.6. The monoisotopic (exact) mass is 469 g/mol. The number of rotatable bonds is 5. The summed E-state index contributed by atoms with van der Waals surface area (Å²) < 4.78 is 40.7. The second kappa shape index (κ2) is 9.17. The Balaban J connectivity index is 1.31. The summed E-state index contributed by atoms with van der Waals surface area (Å²) in [6.45, 7) is 1.38. The fourth-order valence-electron chi connectivity index (χ4n) is 4.28. The van der Waals surface area contributed by atoms with Gasteiger partial charge in [0.15, 0.2) is 0 Å². The Morgan fingerprint density at radius 3 is 2.25 bits per heavy atom. The Morgan fingerprint density at radius 1 is 1.03 bits per heavy atom. The minimum absolute atomic E-state index is 0.133. The molecule has 32 heavy (non-hydrogen) atoms. The van der Waals surface area contributed by atoms with Gasteiger partial charge in [-0.3, -0.25) is 14.6 Å². The molecule has 0 aromatic heterocycles. The number of amides is 1. The van der Waals surface area contributed by atoms with Gasteiger partial charge in [0.2, 0.25) is 5.91 Å². The van der Waals surface area contributed by atoms with Crippen LogP contribution in [-0.2, 0) is 4.79 Å². The molecule has 0 radical (unpaired) electrons. The number of likely N-dealkylation sites (tertiary alicyclic amines) is 1. The minimum Gasteiger partial charge on any atom is -0.406 e. The lowest BCUT2D eigenvalue weighted by molar-refractivity contribution is -0.274. The first-order valence-electron chi connectivity index (χ1n) is 10.3. The number of benzene rings is 2. The number of nitrogens with zero attached hydrogens (tertiary/aromatic N) is 2. The average Bonchev–Trinajstić information content (AvgIpc) is 3.04. The van der Waals surface area contributed by atoms with Crippen LogP contribution in [0, 0.1) is 0 Å². The van der Waals surface area contributed by atoms with Crippen molar-refractivity contribution in [3.63, 3.8) is 0 Å². The zero-order chi connectivity index (χ0) is 22.9. The first kappa shape index (κ1) is 22.7. The van der Waals surface area contributed by atoms with Crippen LogP contribution in [0.1, 0.15) is 19.3 Å². The maximum Gasteiger partial charge on any atom is 0.573 e. The van der Waals surface area contributed by atoms with E-state index in [1.54, 1.807) is 36.4 Å². The van der Waals surface area contributed by atoms with Crippen molar-refractivity contribution in [2.24, 2.45) is 0 Å². The molecule has 2 fully saturated rings. The number of halogens is 4. The summed E-state index contributed by atoms with van der Waals surface area (Å²) in [6.07, 6.45) is -3.85. The second-order valence-corrected chi connectivity index (χ2v) is 8.39. The molecule has 0 aliphatic carbocycles. The van der Waals surface area contributed by atoms with E-state index in [9.17, 15) is 23.1 Å². The lowest BCUT2D eigenvalue weighted by Crippen LogP contribution is -2.50. The molecule has 2 heterocycles.